The van der Waals surface area contributed by atoms with Gasteiger partial charge in [-0.3, -0.25) is 0 Å². The number of piperidine rings is 1. The SMILES string of the molecule is CCN1CCC2(CCC(N(C)C)CC2)CC1. The Morgan fingerprint density at radius 1 is 1.06 bits per heavy atom. The highest BCUT2D eigenvalue weighted by atomic mass is 15.1. The summed E-state index contributed by atoms with van der Waals surface area (Å²) in [5.74, 6) is 0. The van der Waals surface area contributed by atoms with Crippen LogP contribution in [0.3, 0.4) is 0 Å². The van der Waals surface area contributed by atoms with E-state index in [9.17, 15) is 0 Å². The Bertz CT molecular complexity index is 207. The lowest BCUT2D eigenvalue weighted by Gasteiger charge is -2.46. The molecule has 1 aliphatic carbocycles. The maximum atomic E-state index is 2.61. The third-order valence-electron chi connectivity index (χ3n) is 5.11. The van der Waals surface area contributed by atoms with Crippen LogP contribution in [0.15, 0.2) is 0 Å². The van der Waals surface area contributed by atoms with E-state index < -0.39 is 0 Å². The fourth-order valence-electron chi connectivity index (χ4n) is 3.57. The van der Waals surface area contributed by atoms with Crippen molar-refractivity contribution >= 4 is 0 Å². The molecule has 1 saturated heterocycles. The van der Waals surface area contributed by atoms with Crippen molar-refractivity contribution in [2.75, 3.05) is 33.7 Å². The van der Waals surface area contributed by atoms with Gasteiger partial charge in [-0.2, -0.15) is 0 Å². The van der Waals surface area contributed by atoms with Gasteiger partial charge in [0.25, 0.3) is 0 Å². The minimum absolute atomic E-state index is 0.734. The van der Waals surface area contributed by atoms with E-state index in [4.69, 9.17) is 0 Å². The molecule has 1 spiro atoms. The monoisotopic (exact) mass is 224 g/mol. The minimum Gasteiger partial charge on any atom is -0.306 e. The molecular weight excluding hydrogens is 196 g/mol. The molecular formula is C14H28N2. The molecule has 94 valence electrons. The summed E-state index contributed by atoms with van der Waals surface area (Å²) in [6.45, 7) is 6.24. The third kappa shape index (κ3) is 2.60. The van der Waals surface area contributed by atoms with Gasteiger partial charge >= 0.3 is 0 Å². The number of rotatable bonds is 2. The molecule has 0 radical (unpaired) electrons. The maximum absolute atomic E-state index is 2.61. The summed E-state index contributed by atoms with van der Waals surface area (Å²) in [6, 6.07) is 0.856. The molecule has 2 nitrogen and oxygen atoms in total. The fourth-order valence-corrected chi connectivity index (χ4v) is 3.57. The molecule has 0 aromatic heterocycles. The Hall–Kier alpha value is -0.0800. The molecule has 0 bridgehead atoms. The highest BCUT2D eigenvalue weighted by Crippen LogP contribution is 2.45. The molecule has 16 heavy (non-hydrogen) atoms. The van der Waals surface area contributed by atoms with Gasteiger partial charge in [0.05, 0.1) is 0 Å². The molecule has 0 atom stereocenters. The van der Waals surface area contributed by atoms with E-state index in [2.05, 4.69) is 30.8 Å². The zero-order valence-electron chi connectivity index (χ0n) is 11.3. The van der Waals surface area contributed by atoms with Crippen molar-refractivity contribution in [2.45, 2.75) is 51.5 Å². The summed E-state index contributed by atoms with van der Waals surface area (Å²) in [5, 5.41) is 0. The molecule has 0 aromatic rings. The van der Waals surface area contributed by atoms with Crippen molar-refractivity contribution in [3.8, 4) is 0 Å². The van der Waals surface area contributed by atoms with Gasteiger partial charge in [0.2, 0.25) is 0 Å². The largest absolute Gasteiger partial charge is 0.306 e. The first-order valence-corrected chi connectivity index (χ1v) is 7.04. The quantitative estimate of drug-likeness (QED) is 0.711. The van der Waals surface area contributed by atoms with E-state index in [0.717, 1.165) is 11.5 Å². The smallest absolute Gasteiger partial charge is 0.00895 e. The van der Waals surface area contributed by atoms with Crippen molar-refractivity contribution in [3.05, 3.63) is 0 Å². The third-order valence-corrected chi connectivity index (χ3v) is 5.11. The number of nitrogens with zero attached hydrogens (tertiary/aromatic N) is 2. The molecule has 1 heterocycles. The zero-order valence-corrected chi connectivity index (χ0v) is 11.3. The molecule has 1 saturated carbocycles. The van der Waals surface area contributed by atoms with Crippen molar-refractivity contribution in [3.63, 3.8) is 0 Å². The Labute approximate surface area is 101 Å². The first-order valence-electron chi connectivity index (χ1n) is 7.04. The maximum Gasteiger partial charge on any atom is 0.00895 e. The molecule has 2 fully saturated rings. The normalized spacial score (nSPS) is 27.8. The van der Waals surface area contributed by atoms with E-state index in [-0.39, 0.29) is 0 Å². The second-order valence-corrected chi connectivity index (χ2v) is 6.13. The van der Waals surface area contributed by atoms with Gasteiger partial charge in [-0.05, 0) is 77.7 Å². The predicted octanol–water partition coefficient (Wildman–Crippen LogP) is 2.59. The van der Waals surface area contributed by atoms with Crippen LogP contribution in [0.2, 0.25) is 0 Å². The first kappa shape index (κ1) is 12.4. The highest BCUT2D eigenvalue weighted by molar-refractivity contribution is 4.91. The van der Waals surface area contributed by atoms with Crippen LogP contribution in [0.5, 0.6) is 0 Å². The van der Waals surface area contributed by atoms with Crippen molar-refractivity contribution < 1.29 is 0 Å². The topological polar surface area (TPSA) is 6.48 Å². The Balaban J connectivity index is 1.84. The summed E-state index contributed by atoms with van der Waals surface area (Å²) in [6.07, 6.45) is 8.74. The number of hydrogen-bond donors (Lipinski definition) is 0. The molecule has 2 heteroatoms. The van der Waals surface area contributed by atoms with Crippen molar-refractivity contribution in [1.29, 1.82) is 0 Å². The van der Waals surface area contributed by atoms with Crippen LogP contribution in [-0.2, 0) is 0 Å². The summed E-state index contributed by atoms with van der Waals surface area (Å²) in [4.78, 5) is 5.04. The lowest BCUT2D eigenvalue weighted by Crippen LogP contribution is -2.44. The van der Waals surface area contributed by atoms with E-state index in [0.29, 0.717) is 0 Å². The van der Waals surface area contributed by atoms with E-state index >= 15 is 0 Å². The van der Waals surface area contributed by atoms with Crippen molar-refractivity contribution in [2.24, 2.45) is 5.41 Å². The van der Waals surface area contributed by atoms with E-state index in [1.807, 2.05) is 0 Å². The summed E-state index contributed by atoms with van der Waals surface area (Å²) in [5.41, 5.74) is 0.734. The second-order valence-electron chi connectivity index (χ2n) is 6.13. The lowest BCUT2D eigenvalue weighted by atomic mass is 9.67. The number of likely N-dealkylation sites (tertiary alicyclic amines) is 1. The van der Waals surface area contributed by atoms with Crippen LogP contribution in [0.25, 0.3) is 0 Å². The van der Waals surface area contributed by atoms with Gasteiger partial charge in [-0.15, -0.1) is 0 Å². The molecule has 0 aromatic carbocycles. The highest BCUT2D eigenvalue weighted by Gasteiger charge is 2.37. The molecule has 0 N–H and O–H groups in total. The van der Waals surface area contributed by atoms with Crippen LogP contribution in [0.4, 0.5) is 0 Å². The van der Waals surface area contributed by atoms with Crippen LogP contribution in [-0.4, -0.2) is 49.6 Å². The average Bonchev–Trinajstić information content (AvgIpc) is 2.31. The van der Waals surface area contributed by atoms with Gasteiger partial charge in [-0.1, -0.05) is 6.92 Å². The predicted molar refractivity (Wildman–Crippen MR) is 69.7 cm³/mol. The van der Waals surface area contributed by atoms with Gasteiger partial charge < -0.3 is 9.80 Å². The molecule has 2 aliphatic rings. The van der Waals surface area contributed by atoms with Gasteiger partial charge in [-0.25, -0.2) is 0 Å². The standard InChI is InChI=1S/C14H28N2/c1-4-16-11-9-14(10-12-16)7-5-13(6-8-14)15(2)3/h13H,4-12H2,1-3H3. The Morgan fingerprint density at radius 2 is 1.62 bits per heavy atom. The zero-order chi connectivity index (χ0) is 11.6. The van der Waals surface area contributed by atoms with Crippen LogP contribution < -0.4 is 0 Å². The second kappa shape index (κ2) is 5.05. The molecule has 0 amide bonds. The summed E-state index contributed by atoms with van der Waals surface area (Å²) >= 11 is 0. The summed E-state index contributed by atoms with van der Waals surface area (Å²) < 4.78 is 0. The van der Waals surface area contributed by atoms with E-state index in [1.165, 1.54) is 58.2 Å². The van der Waals surface area contributed by atoms with Gasteiger partial charge in [0.15, 0.2) is 0 Å². The van der Waals surface area contributed by atoms with Crippen molar-refractivity contribution in [1.82, 2.24) is 9.80 Å². The Morgan fingerprint density at radius 3 is 2.06 bits per heavy atom. The van der Waals surface area contributed by atoms with Crippen LogP contribution in [0, 0.1) is 5.41 Å². The van der Waals surface area contributed by atoms with Gasteiger partial charge in [0, 0.05) is 6.04 Å². The van der Waals surface area contributed by atoms with E-state index in [1.54, 1.807) is 0 Å². The van der Waals surface area contributed by atoms with Gasteiger partial charge in [0.1, 0.15) is 0 Å². The number of hydrogen-bond acceptors (Lipinski definition) is 2. The molecule has 1 aliphatic heterocycles. The van der Waals surface area contributed by atoms with Crippen LogP contribution in [0.1, 0.15) is 45.4 Å². The average molecular weight is 224 g/mol. The summed E-state index contributed by atoms with van der Waals surface area (Å²) in [7, 11) is 4.48. The minimum atomic E-state index is 0.734. The first-order chi connectivity index (χ1) is 7.65. The van der Waals surface area contributed by atoms with Crippen LogP contribution >= 0.6 is 0 Å². The lowest BCUT2D eigenvalue weighted by molar-refractivity contribution is 0.0452. The molecule has 2 rings (SSSR count). The molecule has 0 unspecified atom stereocenters. The fraction of sp³-hybridized carbons (Fsp3) is 1.00. The Kier molecular flexibility index (Phi) is 3.91.